The predicted octanol–water partition coefficient (Wildman–Crippen LogP) is 0.371. The van der Waals surface area contributed by atoms with Gasteiger partial charge in [-0.2, -0.15) is 0 Å². The molecule has 0 amide bonds. The van der Waals surface area contributed by atoms with Gasteiger partial charge in [-0.3, -0.25) is 0 Å². The third-order valence-corrected chi connectivity index (χ3v) is 4.07. The van der Waals surface area contributed by atoms with Crippen molar-refractivity contribution in [2.75, 3.05) is 27.4 Å². The molecule has 0 saturated heterocycles. The maximum absolute atomic E-state index is 12.1. The van der Waals surface area contributed by atoms with Crippen LogP contribution in [0.1, 0.15) is 6.42 Å². The largest absolute Gasteiger partial charge is 0.497 e. The molecule has 2 N–H and O–H groups in total. The summed E-state index contributed by atoms with van der Waals surface area (Å²) in [5, 5.41) is 8.89. The van der Waals surface area contributed by atoms with Crippen molar-refractivity contribution >= 4 is 10.0 Å². The Labute approximate surface area is 113 Å². The van der Waals surface area contributed by atoms with Gasteiger partial charge in [-0.15, -0.1) is 0 Å². The highest BCUT2D eigenvalue weighted by atomic mass is 32.2. The van der Waals surface area contributed by atoms with Crippen LogP contribution < -0.4 is 9.46 Å². The molecule has 0 aliphatic rings. The second-order valence-corrected chi connectivity index (χ2v) is 5.68. The number of benzene rings is 1. The fraction of sp³-hybridized carbons (Fsp3) is 0.500. The van der Waals surface area contributed by atoms with Gasteiger partial charge in [0.2, 0.25) is 10.0 Å². The lowest BCUT2D eigenvalue weighted by molar-refractivity contribution is 0.158. The summed E-state index contributed by atoms with van der Waals surface area (Å²) < 4.78 is 36.6. The Bertz CT molecular complexity index is 465. The average Bonchev–Trinajstić information content (AvgIpc) is 2.39. The van der Waals surface area contributed by atoms with Crippen molar-refractivity contribution in [3.8, 4) is 5.75 Å². The molecule has 0 aliphatic heterocycles. The van der Waals surface area contributed by atoms with E-state index in [1.54, 1.807) is 12.1 Å². The van der Waals surface area contributed by atoms with E-state index in [9.17, 15) is 8.42 Å². The number of hydrogen-bond acceptors (Lipinski definition) is 5. The van der Waals surface area contributed by atoms with Gasteiger partial charge in [0.15, 0.2) is 0 Å². The van der Waals surface area contributed by atoms with Crippen LogP contribution in [0.2, 0.25) is 0 Å². The van der Waals surface area contributed by atoms with Crippen LogP contribution >= 0.6 is 0 Å². The van der Waals surface area contributed by atoms with Crippen molar-refractivity contribution in [2.45, 2.75) is 17.4 Å². The van der Waals surface area contributed by atoms with E-state index in [1.165, 1.54) is 26.4 Å². The Hall–Kier alpha value is -1.15. The van der Waals surface area contributed by atoms with E-state index in [1.807, 2.05) is 0 Å². The van der Waals surface area contributed by atoms with Crippen LogP contribution in [-0.2, 0) is 14.8 Å². The summed E-state index contributed by atoms with van der Waals surface area (Å²) in [6, 6.07) is 5.62. The molecule has 0 radical (unpaired) electrons. The Morgan fingerprint density at radius 2 is 1.89 bits per heavy atom. The predicted molar refractivity (Wildman–Crippen MR) is 70.7 cm³/mol. The van der Waals surface area contributed by atoms with Crippen molar-refractivity contribution in [3.05, 3.63) is 24.3 Å². The zero-order valence-corrected chi connectivity index (χ0v) is 11.8. The van der Waals surface area contributed by atoms with Crippen LogP contribution in [-0.4, -0.2) is 47.0 Å². The Morgan fingerprint density at radius 3 is 2.37 bits per heavy atom. The number of hydrogen-bond donors (Lipinski definition) is 2. The van der Waals surface area contributed by atoms with Gasteiger partial charge in [-0.25, -0.2) is 13.1 Å². The molecule has 108 valence electrons. The first kappa shape index (κ1) is 15.9. The minimum atomic E-state index is -3.63. The minimum Gasteiger partial charge on any atom is -0.497 e. The van der Waals surface area contributed by atoms with E-state index in [4.69, 9.17) is 14.6 Å². The Balaban J connectivity index is 2.83. The molecule has 0 heterocycles. The van der Waals surface area contributed by atoms with Crippen LogP contribution in [0.3, 0.4) is 0 Å². The first-order valence-electron chi connectivity index (χ1n) is 5.79. The van der Waals surface area contributed by atoms with Crippen molar-refractivity contribution in [2.24, 2.45) is 0 Å². The number of methoxy groups -OCH3 is 2. The fourth-order valence-electron chi connectivity index (χ4n) is 1.58. The monoisotopic (exact) mass is 289 g/mol. The van der Waals surface area contributed by atoms with Crippen LogP contribution in [0.5, 0.6) is 5.75 Å². The molecule has 0 aromatic heterocycles. The van der Waals surface area contributed by atoms with Crippen LogP contribution in [0, 0.1) is 0 Å². The highest BCUT2D eigenvalue weighted by Crippen LogP contribution is 2.15. The summed E-state index contributed by atoms with van der Waals surface area (Å²) in [5.41, 5.74) is 0. The number of sulfonamides is 1. The molecule has 6 nitrogen and oxygen atoms in total. The molecular weight excluding hydrogens is 270 g/mol. The van der Waals surface area contributed by atoms with Crippen molar-refractivity contribution in [1.82, 2.24) is 4.72 Å². The zero-order valence-electron chi connectivity index (χ0n) is 11.0. The molecule has 0 spiro atoms. The second kappa shape index (κ2) is 7.44. The molecule has 0 fully saturated rings. The molecule has 0 aliphatic carbocycles. The van der Waals surface area contributed by atoms with Crippen molar-refractivity contribution < 1.29 is 23.0 Å². The Morgan fingerprint density at radius 1 is 1.26 bits per heavy atom. The smallest absolute Gasteiger partial charge is 0.240 e. The lowest BCUT2D eigenvalue weighted by Crippen LogP contribution is -2.38. The third-order valence-electron chi connectivity index (χ3n) is 2.54. The van der Waals surface area contributed by atoms with E-state index in [0.29, 0.717) is 12.2 Å². The minimum absolute atomic E-state index is 0.112. The summed E-state index contributed by atoms with van der Waals surface area (Å²) in [6.45, 7) is 0.0924. The number of aliphatic hydroxyl groups is 1. The third kappa shape index (κ3) is 4.79. The highest BCUT2D eigenvalue weighted by molar-refractivity contribution is 7.89. The summed E-state index contributed by atoms with van der Waals surface area (Å²) in [7, 11) is -0.636. The first-order chi connectivity index (χ1) is 9.03. The summed E-state index contributed by atoms with van der Waals surface area (Å²) in [4.78, 5) is 0.146. The van der Waals surface area contributed by atoms with Gasteiger partial charge in [0.25, 0.3) is 0 Å². The number of rotatable bonds is 8. The Kier molecular flexibility index (Phi) is 6.23. The number of aliphatic hydroxyl groups excluding tert-OH is 1. The van der Waals surface area contributed by atoms with Crippen LogP contribution in [0.15, 0.2) is 29.2 Å². The standard InChI is InChI=1S/C12H19NO5S/c1-17-9-10(7-8-14)13-19(15,16)12-5-3-11(18-2)4-6-12/h3-6,10,13-14H,7-9H2,1-2H3. The summed E-state index contributed by atoms with van der Waals surface area (Å²) in [6.07, 6.45) is 0.295. The van der Waals surface area contributed by atoms with Gasteiger partial charge in [0.05, 0.1) is 18.6 Å². The van der Waals surface area contributed by atoms with Gasteiger partial charge in [0.1, 0.15) is 5.75 Å². The first-order valence-corrected chi connectivity index (χ1v) is 7.28. The van der Waals surface area contributed by atoms with E-state index in [2.05, 4.69) is 4.72 Å². The van der Waals surface area contributed by atoms with Gasteiger partial charge in [0, 0.05) is 19.8 Å². The maximum Gasteiger partial charge on any atom is 0.240 e. The molecule has 0 saturated carbocycles. The van der Waals surface area contributed by atoms with Gasteiger partial charge < -0.3 is 14.6 Å². The topological polar surface area (TPSA) is 84.9 Å². The molecule has 1 unspecified atom stereocenters. The van der Waals surface area contributed by atoms with E-state index < -0.39 is 16.1 Å². The van der Waals surface area contributed by atoms with Crippen molar-refractivity contribution in [3.63, 3.8) is 0 Å². The molecular formula is C12H19NO5S. The quantitative estimate of drug-likeness (QED) is 0.722. The second-order valence-electron chi connectivity index (χ2n) is 3.96. The molecule has 0 bridgehead atoms. The summed E-state index contributed by atoms with van der Waals surface area (Å²) in [5.74, 6) is 0.586. The number of ether oxygens (including phenoxy) is 2. The van der Waals surface area contributed by atoms with Crippen LogP contribution in [0.25, 0.3) is 0 Å². The lowest BCUT2D eigenvalue weighted by atomic mass is 10.2. The van der Waals surface area contributed by atoms with Gasteiger partial charge in [-0.1, -0.05) is 0 Å². The molecule has 1 aromatic rings. The molecule has 19 heavy (non-hydrogen) atoms. The van der Waals surface area contributed by atoms with Crippen molar-refractivity contribution in [1.29, 1.82) is 0 Å². The number of nitrogens with one attached hydrogen (secondary N) is 1. The van der Waals surface area contributed by atoms with E-state index in [-0.39, 0.29) is 18.1 Å². The SMILES string of the molecule is COCC(CCO)NS(=O)(=O)c1ccc(OC)cc1. The molecule has 7 heteroatoms. The van der Waals surface area contributed by atoms with Gasteiger partial charge >= 0.3 is 0 Å². The fourth-order valence-corrected chi connectivity index (χ4v) is 2.83. The molecule has 1 aromatic carbocycles. The molecule has 1 atom stereocenters. The summed E-state index contributed by atoms with van der Waals surface area (Å²) >= 11 is 0. The normalized spacial score (nSPS) is 13.2. The lowest BCUT2D eigenvalue weighted by Gasteiger charge is -2.17. The van der Waals surface area contributed by atoms with Crippen LogP contribution in [0.4, 0.5) is 0 Å². The zero-order chi connectivity index (χ0) is 14.3. The highest BCUT2D eigenvalue weighted by Gasteiger charge is 2.19. The maximum atomic E-state index is 12.1. The van der Waals surface area contributed by atoms with Gasteiger partial charge in [-0.05, 0) is 30.7 Å². The average molecular weight is 289 g/mol. The van der Waals surface area contributed by atoms with E-state index in [0.717, 1.165) is 0 Å². The molecule has 1 rings (SSSR count). The van der Waals surface area contributed by atoms with E-state index >= 15 is 0 Å².